The number of nitrogens with one attached hydrogen (secondary N) is 1. The first-order valence-electron chi connectivity index (χ1n) is 7.22. The summed E-state index contributed by atoms with van der Waals surface area (Å²) >= 11 is 1.08. The number of para-hydroxylation sites is 1. The highest BCUT2D eigenvalue weighted by molar-refractivity contribution is 7.15. The number of benzene rings is 1. The third-order valence-corrected chi connectivity index (χ3v) is 4.65. The van der Waals surface area contributed by atoms with Crippen LogP contribution in [-0.2, 0) is 11.3 Å². The van der Waals surface area contributed by atoms with Crippen LogP contribution in [0.15, 0.2) is 35.1 Å². The van der Waals surface area contributed by atoms with Crippen LogP contribution in [0.1, 0.15) is 37.7 Å². The average molecular weight is 342 g/mol. The first-order valence-corrected chi connectivity index (χ1v) is 8.04. The molecule has 0 unspecified atom stereocenters. The zero-order chi connectivity index (χ0) is 17.3. The van der Waals surface area contributed by atoms with Gasteiger partial charge in [-0.3, -0.25) is 9.59 Å². The topological polar surface area (TPSA) is 89.1 Å². The van der Waals surface area contributed by atoms with E-state index in [-0.39, 0.29) is 23.8 Å². The van der Waals surface area contributed by atoms with Gasteiger partial charge in [0.1, 0.15) is 17.3 Å². The number of aromatic amines is 1. The van der Waals surface area contributed by atoms with Crippen LogP contribution in [0.2, 0.25) is 0 Å². The predicted octanol–water partition coefficient (Wildman–Crippen LogP) is 2.85. The van der Waals surface area contributed by atoms with Crippen LogP contribution in [-0.4, -0.2) is 21.7 Å². The Balaban J connectivity index is 1.80. The third-order valence-electron chi connectivity index (χ3n) is 3.48. The minimum Gasteiger partial charge on any atom is -0.453 e. The van der Waals surface area contributed by atoms with E-state index in [1.54, 1.807) is 24.3 Å². The minimum absolute atomic E-state index is 0.102. The monoisotopic (exact) mass is 342 g/mol. The molecule has 0 amide bonds. The first-order chi connectivity index (χ1) is 11.5. The summed E-state index contributed by atoms with van der Waals surface area (Å²) < 4.78 is 5.18. The van der Waals surface area contributed by atoms with Crippen molar-refractivity contribution in [2.75, 3.05) is 0 Å². The van der Waals surface area contributed by atoms with Crippen molar-refractivity contribution in [3.05, 3.63) is 61.8 Å². The molecule has 0 fully saturated rings. The van der Waals surface area contributed by atoms with Gasteiger partial charge in [0.05, 0.1) is 15.8 Å². The summed E-state index contributed by atoms with van der Waals surface area (Å²) in [5.74, 6) is -0.381. The number of aromatic nitrogens is 2. The maximum atomic E-state index is 12.1. The summed E-state index contributed by atoms with van der Waals surface area (Å²) in [6.45, 7) is 3.15. The van der Waals surface area contributed by atoms with Crippen LogP contribution in [0.3, 0.4) is 0 Å². The van der Waals surface area contributed by atoms with Crippen LogP contribution in [0.25, 0.3) is 10.9 Å². The zero-order valence-corrected chi connectivity index (χ0v) is 13.9. The summed E-state index contributed by atoms with van der Waals surface area (Å²) in [5.41, 5.74) is 1.18. The van der Waals surface area contributed by atoms with Crippen molar-refractivity contribution in [3.63, 3.8) is 0 Å². The lowest BCUT2D eigenvalue weighted by Crippen LogP contribution is -2.14. The van der Waals surface area contributed by atoms with Crippen molar-refractivity contribution in [1.29, 1.82) is 0 Å². The number of hydrogen-bond acceptors (Lipinski definition) is 6. The van der Waals surface area contributed by atoms with Gasteiger partial charge in [0, 0.05) is 0 Å². The van der Waals surface area contributed by atoms with Crippen molar-refractivity contribution < 1.29 is 14.3 Å². The molecule has 0 aliphatic heterocycles. The molecule has 6 nitrogen and oxygen atoms in total. The van der Waals surface area contributed by atoms with E-state index < -0.39 is 5.97 Å². The van der Waals surface area contributed by atoms with Gasteiger partial charge in [-0.1, -0.05) is 12.1 Å². The zero-order valence-electron chi connectivity index (χ0n) is 13.1. The smallest absolute Gasteiger partial charge is 0.348 e. The Bertz CT molecular complexity index is 1000. The Morgan fingerprint density at radius 1 is 1.21 bits per heavy atom. The number of thiophene rings is 1. The fraction of sp³-hybridized carbons (Fsp3) is 0.176. The molecule has 2 heterocycles. The second kappa shape index (κ2) is 6.37. The van der Waals surface area contributed by atoms with Gasteiger partial charge in [0.25, 0.3) is 5.56 Å². The third kappa shape index (κ3) is 3.11. The highest BCUT2D eigenvalue weighted by Gasteiger charge is 2.14. The number of aryl methyl sites for hydroxylation is 1. The van der Waals surface area contributed by atoms with Crippen molar-refractivity contribution in [3.8, 4) is 0 Å². The van der Waals surface area contributed by atoms with Gasteiger partial charge in [0.2, 0.25) is 0 Å². The molecule has 0 aliphatic rings. The number of hydrogen-bond donors (Lipinski definition) is 1. The molecule has 0 radical (unpaired) electrons. The molecule has 3 rings (SSSR count). The normalized spacial score (nSPS) is 10.8. The van der Waals surface area contributed by atoms with E-state index >= 15 is 0 Å². The van der Waals surface area contributed by atoms with Crippen LogP contribution in [0, 0.1) is 6.92 Å². The van der Waals surface area contributed by atoms with Crippen LogP contribution < -0.4 is 5.56 Å². The van der Waals surface area contributed by atoms with Crippen molar-refractivity contribution >= 4 is 34.0 Å². The van der Waals surface area contributed by atoms with Crippen LogP contribution >= 0.6 is 11.3 Å². The lowest BCUT2D eigenvalue weighted by atomic mass is 10.1. The maximum absolute atomic E-state index is 12.1. The highest BCUT2D eigenvalue weighted by atomic mass is 32.1. The SMILES string of the molecule is CC(=O)c1ccc(C(=O)OCc2nc3c(C)cccc3c(=O)[nH]2)s1. The lowest BCUT2D eigenvalue weighted by Gasteiger charge is -2.05. The van der Waals surface area contributed by atoms with Crippen LogP contribution in [0.5, 0.6) is 0 Å². The van der Waals surface area contributed by atoms with E-state index in [1.165, 1.54) is 6.92 Å². The Morgan fingerprint density at radius 2 is 1.96 bits per heavy atom. The van der Waals surface area contributed by atoms with E-state index in [2.05, 4.69) is 9.97 Å². The number of Topliss-reactive ketones (excluding diaryl/α,β-unsaturated/α-hetero) is 1. The first kappa shape index (κ1) is 16.1. The van der Waals surface area contributed by atoms with Gasteiger partial charge in [-0.2, -0.15) is 0 Å². The number of nitrogens with zero attached hydrogens (tertiary/aromatic N) is 1. The highest BCUT2D eigenvalue weighted by Crippen LogP contribution is 2.18. The Labute approximate surface area is 141 Å². The van der Waals surface area contributed by atoms with E-state index in [1.807, 2.05) is 13.0 Å². The Kier molecular flexibility index (Phi) is 4.26. The molecule has 0 aliphatic carbocycles. The quantitative estimate of drug-likeness (QED) is 0.582. The molecule has 24 heavy (non-hydrogen) atoms. The molecule has 1 aromatic carbocycles. The number of H-pyrrole nitrogens is 1. The van der Waals surface area contributed by atoms with Crippen molar-refractivity contribution in [1.82, 2.24) is 9.97 Å². The second-order valence-electron chi connectivity index (χ2n) is 5.28. The van der Waals surface area contributed by atoms with Gasteiger partial charge >= 0.3 is 5.97 Å². The molecule has 0 bridgehead atoms. The van der Waals surface area contributed by atoms with Gasteiger partial charge in [0.15, 0.2) is 5.78 Å². The number of carbonyl (C=O) groups is 2. The average Bonchev–Trinajstić information content (AvgIpc) is 3.04. The molecular weight excluding hydrogens is 328 g/mol. The Morgan fingerprint density at radius 3 is 2.67 bits per heavy atom. The van der Waals surface area contributed by atoms with Gasteiger partial charge < -0.3 is 9.72 Å². The van der Waals surface area contributed by atoms with Crippen LogP contribution in [0.4, 0.5) is 0 Å². The standard InChI is InChI=1S/C17H14N2O4S/c1-9-4-3-5-11-15(9)18-14(19-16(11)21)8-23-17(22)13-7-6-12(24-13)10(2)20/h3-7H,8H2,1-2H3,(H,18,19,21). The number of esters is 1. The van der Waals surface area contributed by atoms with E-state index in [9.17, 15) is 14.4 Å². The fourth-order valence-electron chi connectivity index (χ4n) is 2.26. The molecule has 2 aromatic heterocycles. The van der Waals surface area contributed by atoms with E-state index in [0.717, 1.165) is 16.9 Å². The predicted molar refractivity (Wildman–Crippen MR) is 90.5 cm³/mol. The summed E-state index contributed by atoms with van der Waals surface area (Å²) in [7, 11) is 0. The lowest BCUT2D eigenvalue weighted by molar-refractivity contribution is 0.0468. The molecule has 1 N–H and O–H groups in total. The fourth-order valence-corrected chi connectivity index (χ4v) is 3.06. The van der Waals surface area contributed by atoms with Crippen molar-refractivity contribution in [2.24, 2.45) is 0 Å². The molecule has 7 heteroatoms. The maximum Gasteiger partial charge on any atom is 0.348 e. The summed E-state index contributed by atoms with van der Waals surface area (Å²) in [5, 5.41) is 0.495. The molecule has 122 valence electrons. The number of rotatable bonds is 4. The molecule has 0 atom stereocenters. The van der Waals surface area contributed by atoms with E-state index in [4.69, 9.17) is 4.74 Å². The molecule has 0 saturated carbocycles. The largest absolute Gasteiger partial charge is 0.453 e. The van der Waals surface area contributed by atoms with Crippen molar-refractivity contribution in [2.45, 2.75) is 20.5 Å². The number of carbonyl (C=O) groups excluding carboxylic acids is 2. The molecule has 3 aromatic rings. The number of ketones is 1. The van der Waals surface area contributed by atoms with Gasteiger partial charge in [-0.15, -0.1) is 11.3 Å². The molecule has 0 spiro atoms. The second-order valence-corrected chi connectivity index (χ2v) is 6.36. The van der Waals surface area contributed by atoms with Gasteiger partial charge in [-0.25, -0.2) is 9.78 Å². The molecule has 0 saturated heterocycles. The van der Waals surface area contributed by atoms with Gasteiger partial charge in [-0.05, 0) is 37.6 Å². The number of ether oxygens (including phenoxy) is 1. The summed E-state index contributed by atoms with van der Waals surface area (Å²) in [6.07, 6.45) is 0. The molecular formula is C17H14N2O4S. The Hall–Kier alpha value is -2.80. The van der Waals surface area contributed by atoms with E-state index in [0.29, 0.717) is 20.7 Å². The summed E-state index contributed by atoms with van der Waals surface area (Å²) in [4.78, 5) is 43.2. The minimum atomic E-state index is -0.556. The number of fused-ring (bicyclic) bond motifs is 1. The summed E-state index contributed by atoms with van der Waals surface area (Å²) in [6, 6.07) is 8.48.